The molecule has 0 fully saturated rings. The molecule has 0 saturated heterocycles. The maximum atomic E-state index is 3.97. The van der Waals surface area contributed by atoms with E-state index in [1.54, 1.807) is 6.20 Å². The highest BCUT2D eigenvalue weighted by Crippen LogP contribution is 2.26. The van der Waals surface area contributed by atoms with Crippen LogP contribution in [0.2, 0.25) is 0 Å². The van der Waals surface area contributed by atoms with Crippen LogP contribution < -0.4 is 0 Å². The van der Waals surface area contributed by atoms with Crippen LogP contribution in [0.3, 0.4) is 0 Å². The van der Waals surface area contributed by atoms with Crippen LogP contribution in [0, 0.1) is 0 Å². The molecule has 4 heteroatoms. The first kappa shape index (κ1) is 7.15. The summed E-state index contributed by atoms with van der Waals surface area (Å²) < 4.78 is 0.132. The summed E-state index contributed by atoms with van der Waals surface area (Å²) in [4.78, 5) is 7.75. The van der Waals surface area contributed by atoms with Crippen molar-refractivity contribution < 1.29 is 0 Å². The Kier molecular flexibility index (Phi) is 2.60. The highest BCUT2D eigenvalue weighted by atomic mass is 79.9. The molecule has 0 bridgehead atoms. The van der Waals surface area contributed by atoms with E-state index in [2.05, 4.69) is 41.8 Å². The van der Waals surface area contributed by atoms with Gasteiger partial charge >= 0.3 is 0 Å². The molecule has 2 nitrogen and oxygen atoms in total. The van der Waals surface area contributed by atoms with Gasteiger partial charge in [0.15, 0.2) is 0 Å². The van der Waals surface area contributed by atoms with E-state index in [0.717, 1.165) is 5.69 Å². The fourth-order valence-electron chi connectivity index (χ4n) is 0.430. The molecule has 9 heavy (non-hydrogen) atoms. The van der Waals surface area contributed by atoms with Crippen molar-refractivity contribution in [3.63, 3.8) is 0 Å². The molecule has 0 spiro atoms. The van der Waals surface area contributed by atoms with Crippen LogP contribution in [0.5, 0.6) is 0 Å². The first-order valence-corrected chi connectivity index (χ1v) is 4.18. The van der Waals surface area contributed by atoms with Crippen molar-refractivity contribution in [3.8, 4) is 0 Å². The number of hydrogen-bond donors (Lipinski definition) is 0. The van der Waals surface area contributed by atoms with Crippen LogP contribution in [0.4, 0.5) is 0 Å². The van der Waals surface area contributed by atoms with Gasteiger partial charge in [0.05, 0.1) is 5.69 Å². The van der Waals surface area contributed by atoms with Crippen LogP contribution in [-0.4, -0.2) is 9.97 Å². The predicted octanol–water partition coefficient (Wildman–Crippen LogP) is 2.27. The van der Waals surface area contributed by atoms with Gasteiger partial charge in [-0.05, 0) is 6.07 Å². The van der Waals surface area contributed by atoms with Gasteiger partial charge in [0, 0.05) is 6.20 Å². The summed E-state index contributed by atoms with van der Waals surface area (Å²) >= 11 is 6.62. The Morgan fingerprint density at radius 3 is 2.56 bits per heavy atom. The van der Waals surface area contributed by atoms with Gasteiger partial charge in [-0.25, -0.2) is 9.97 Å². The Morgan fingerprint density at radius 1 is 1.44 bits per heavy atom. The summed E-state index contributed by atoms with van der Waals surface area (Å²) in [6.45, 7) is 0. The van der Waals surface area contributed by atoms with Crippen molar-refractivity contribution in [1.29, 1.82) is 0 Å². The molecule has 1 aromatic rings. The standard InChI is InChI=1S/C5H4Br2N2/c6-5(7)4-1-2-8-3-9-4/h1-3,5H. The summed E-state index contributed by atoms with van der Waals surface area (Å²) in [5.41, 5.74) is 0.935. The number of hydrogen-bond acceptors (Lipinski definition) is 2. The van der Waals surface area contributed by atoms with Crippen LogP contribution in [0.25, 0.3) is 0 Å². The van der Waals surface area contributed by atoms with E-state index in [-0.39, 0.29) is 3.74 Å². The van der Waals surface area contributed by atoms with Gasteiger partial charge < -0.3 is 0 Å². The molecule has 0 saturated carbocycles. The van der Waals surface area contributed by atoms with Gasteiger partial charge in [-0.15, -0.1) is 0 Å². The van der Waals surface area contributed by atoms with Crippen molar-refractivity contribution in [1.82, 2.24) is 9.97 Å². The smallest absolute Gasteiger partial charge is 0.115 e. The molecule has 0 N–H and O–H groups in total. The van der Waals surface area contributed by atoms with Crippen LogP contribution in [0.15, 0.2) is 18.6 Å². The molecular formula is C5H4Br2N2. The summed E-state index contributed by atoms with van der Waals surface area (Å²) in [7, 11) is 0. The van der Waals surface area contributed by atoms with E-state index in [9.17, 15) is 0 Å². The van der Waals surface area contributed by atoms with Crippen LogP contribution >= 0.6 is 31.9 Å². The lowest BCUT2D eigenvalue weighted by Crippen LogP contribution is -1.85. The number of rotatable bonds is 1. The lowest BCUT2D eigenvalue weighted by molar-refractivity contribution is 1.09. The molecule has 0 atom stereocenters. The average Bonchev–Trinajstić information content (AvgIpc) is 1.90. The Bertz CT molecular complexity index is 176. The first-order chi connectivity index (χ1) is 4.30. The topological polar surface area (TPSA) is 25.8 Å². The molecule has 0 aromatic carbocycles. The van der Waals surface area contributed by atoms with Crippen LogP contribution in [0.1, 0.15) is 9.43 Å². The van der Waals surface area contributed by atoms with E-state index < -0.39 is 0 Å². The molecule has 0 radical (unpaired) electrons. The van der Waals surface area contributed by atoms with Gasteiger partial charge in [0.25, 0.3) is 0 Å². The molecule has 0 aliphatic heterocycles. The third-order valence-corrected chi connectivity index (χ3v) is 1.77. The normalized spacial score (nSPS) is 10.1. The number of alkyl halides is 2. The highest BCUT2D eigenvalue weighted by Gasteiger charge is 2.00. The lowest BCUT2D eigenvalue weighted by atomic mass is 10.5. The van der Waals surface area contributed by atoms with Crippen molar-refractivity contribution in [2.75, 3.05) is 0 Å². The van der Waals surface area contributed by atoms with Gasteiger partial charge in [0.1, 0.15) is 10.1 Å². The molecular weight excluding hydrogens is 248 g/mol. The van der Waals surface area contributed by atoms with E-state index in [0.29, 0.717) is 0 Å². The third-order valence-electron chi connectivity index (χ3n) is 0.828. The fraction of sp³-hybridized carbons (Fsp3) is 0.200. The molecule has 0 amide bonds. The molecule has 0 aliphatic carbocycles. The fourth-order valence-corrected chi connectivity index (χ4v) is 0.972. The lowest BCUT2D eigenvalue weighted by Gasteiger charge is -1.96. The van der Waals surface area contributed by atoms with Gasteiger partial charge in [-0.2, -0.15) is 0 Å². The molecule has 1 heterocycles. The third kappa shape index (κ3) is 2.02. The maximum absolute atomic E-state index is 3.97. The molecule has 1 rings (SSSR count). The second kappa shape index (κ2) is 3.27. The van der Waals surface area contributed by atoms with Gasteiger partial charge in [-0.1, -0.05) is 31.9 Å². The Labute approximate surface area is 70.0 Å². The molecule has 1 aromatic heterocycles. The number of nitrogens with zero attached hydrogens (tertiary/aromatic N) is 2. The van der Waals surface area contributed by atoms with E-state index in [1.807, 2.05) is 6.07 Å². The van der Waals surface area contributed by atoms with E-state index >= 15 is 0 Å². The minimum atomic E-state index is 0.132. The van der Waals surface area contributed by atoms with Crippen molar-refractivity contribution in [2.24, 2.45) is 0 Å². The van der Waals surface area contributed by atoms with Crippen LogP contribution in [-0.2, 0) is 0 Å². The highest BCUT2D eigenvalue weighted by molar-refractivity contribution is 9.24. The number of aromatic nitrogens is 2. The predicted molar refractivity (Wildman–Crippen MR) is 42.6 cm³/mol. The molecule has 0 aliphatic rings. The minimum Gasteiger partial charge on any atom is -0.245 e. The first-order valence-electron chi connectivity index (χ1n) is 2.35. The minimum absolute atomic E-state index is 0.132. The Hall–Kier alpha value is 0.0400. The zero-order valence-corrected chi connectivity index (χ0v) is 7.63. The average molecular weight is 252 g/mol. The van der Waals surface area contributed by atoms with Crippen molar-refractivity contribution >= 4 is 31.9 Å². The van der Waals surface area contributed by atoms with Crippen molar-refractivity contribution in [2.45, 2.75) is 3.74 Å². The summed E-state index contributed by atoms with van der Waals surface area (Å²) in [6.07, 6.45) is 3.22. The van der Waals surface area contributed by atoms with Gasteiger partial charge in [-0.3, -0.25) is 0 Å². The summed E-state index contributed by atoms with van der Waals surface area (Å²) in [5, 5.41) is 0. The Morgan fingerprint density at radius 2 is 2.22 bits per heavy atom. The molecule has 0 unspecified atom stereocenters. The van der Waals surface area contributed by atoms with Gasteiger partial charge in [0.2, 0.25) is 0 Å². The summed E-state index contributed by atoms with van der Waals surface area (Å²) in [6, 6.07) is 1.84. The maximum Gasteiger partial charge on any atom is 0.115 e. The van der Waals surface area contributed by atoms with E-state index in [1.165, 1.54) is 6.33 Å². The second-order valence-electron chi connectivity index (χ2n) is 1.43. The zero-order valence-electron chi connectivity index (χ0n) is 4.46. The molecule has 48 valence electrons. The zero-order chi connectivity index (χ0) is 6.69. The summed E-state index contributed by atoms with van der Waals surface area (Å²) in [5.74, 6) is 0. The van der Waals surface area contributed by atoms with E-state index in [4.69, 9.17) is 0 Å². The monoisotopic (exact) mass is 250 g/mol. The van der Waals surface area contributed by atoms with Crippen molar-refractivity contribution in [3.05, 3.63) is 24.3 Å². The SMILES string of the molecule is BrC(Br)c1ccncn1. The Balaban J connectivity index is 2.85. The largest absolute Gasteiger partial charge is 0.245 e. The quantitative estimate of drug-likeness (QED) is 0.716. The number of halogens is 2. The second-order valence-corrected chi connectivity index (χ2v) is 4.50.